The Morgan fingerprint density at radius 3 is 1.91 bits per heavy atom. The van der Waals surface area contributed by atoms with Gasteiger partial charge in [-0.3, -0.25) is 0 Å². The number of thiophene rings is 1. The van der Waals surface area contributed by atoms with Gasteiger partial charge in [0.25, 0.3) is 0 Å². The lowest BCUT2D eigenvalue weighted by Gasteiger charge is -2.13. The summed E-state index contributed by atoms with van der Waals surface area (Å²) in [6.07, 6.45) is 0. The standard InChI is InChI=1S/C54H34N2S/c1-3-12-35(13-4-1)36-22-26-40(27-23-36)56-51-31-25-39(33-48(51)46-19-11-18-42(54(46)56)37-14-5-2-6-15-37)38-24-30-50-47(32-38)43-16-7-9-20-49(43)55(50)41-28-29-45-44-17-8-10-21-52(44)57-53(45)34-41/h1-34H/i7D,9D,16D,20D,24D,30D,32D. The first kappa shape index (κ1) is 25.8. The maximum atomic E-state index is 9.94. The van der Waals surface area contributed by atoms with Crippen molar-refractivity contribution in [3.8, 4) is 44.8 Å². The molecule has 0 atom stereocenters. The van der Waals surface area contributed by atoms with E-state index in [-0.39, 0.29) is 57.6 Å². The molecule has 266 valence electrons. The lowest BCUT2D eigenvalue weighted by molar-refractivity contribution is 1.18. The summed E-state index contributed by atoms with van der Waals surface area (Å²) in [5.74, 6) is 0. The third-order valence-corrected chi connectivity index (χ3v) is 12.3. The molecule has 0 radical (unpaired) electrons. The van der Waals surface area contributed by atoms with Gasteiger partial charge in [0.05, 0.1) is 31.7 Å². The van der Waals surface area contributed by atoms with Gasteiger partial charge in [-0.25, -0.2) is 0 Å². The van der Waals surface area contributed by atoms with Crippen molar-refractivity contribution in [3.63, 3.8) is 0 Å². The molecule has 2 nitrogen and oxygen atoms in total. The summed E-state index contributed by atoms with van der Waals surface area (Å²) in [7, 11) is 0. The van der Waals surface area contributed by atoms with Crippen molar-refractivity contribution in [2.45, 2.75) is 0 Å². The van der Waals surface area contributed by atoms with Crippen LogP contribution in [-0.4, -0.2) is 9.13 Å². The van der Waals surface area contributed by atoms with E-state index in [0.29, 0.717) is 11.3 Å². The Kier molecular flexibility index (Phi) is 5.74. The summed E-state index contributed by atoms with van der Waals surface area (Å²) in [4.78, 5) is 0. The first-order valence-corrected chi connectivity index (χ1v) is 19.8. The number of para-hydroxylation sites is 2. The van der Waals surface area contributed by atoms with Crippen LogP contribution in [0.5, 0.6) is 0 Å². The molecule has 0 N–H and O–H groups in total. The molecule has 0 saturated heterocycles. The second-order valence-corrected chi connectivity index (χ2v) is 15.4. The summed E-state index contributed by atoms with van der Waals surface area (Å²) in [5.41, 5.74) is 9.02. The van der Waals surface area contributed by atoms with Crippen LogP contribution in [0.15, 0.2) is 206 Å². The van der Waals surface area contributed by atoms with Crippen LogP contribution in [0.25, 0.3) is 109 Å². The summed E-state index contributed by atoms with van der Waals surface area (Å²) < 4.78 is 71.2. The third-order valence-electron chi connectivity index (χ3n) is 11.2. The lowest BCUT2D eigenvalue weighted by Crippen LogP contribution is -1.95. The van der Waals surface area contributed by atoms with Gasteiger partial charge in [0.15, 0.2) is 0 Å². The topological polar surface area (TPSA) is 9.86 Å². The summed E-state index contributed by atoms with van der Waals surface area (Å²) in [6.45, 7) is 0. The molecular weight excluding hydrogens is 709 g/mol. The van der Waals surface area contributed by atoms with Crippen molar-refractivity contribution in [2.75, 3.05) is 0 Å². The van der Waals surface area contributed by atoms with Gasteiger partial charge in [-0.05, 0) is 88.4 Å². The van der Waals surface area contributed by atoms with Gasteiger partial charge in [-0.2, -0.15) is 0 Å². The van der Waals surface area contributed by atoms with Crippen molar-refractivity contribution in [1.29, 1.82) is 0 Å². The highest BCUT2D eigenvalue weighted by molar-refractivity contribution is 7.25. The molecule has 12 rings (SSSR count). The lowest BCUT2D eigenvalue weighted by atomic mass is 9.99. The predicted octanol–water partition coefficient (Wildman–Crippen LogP) is 15.2. The molecule has 3 aromatic heterocycles. The summed E-state index contributed by atoms with van der Waals surface area (Å²) >= 11 is 1.62. The molecule has 0 aliphatic carbocycles. The minimum absolute atomic E-state index is 0.0720. The maximum Gasteiger partial charge on any atom is 0.0645 e. The number of rotatable bonds is 5. The second kappa shape index (κ2) is 12.7. The van der Waals surface area contributed by atoms with Crippen LogP contribution in [0, 0.1) is 0 Å². The Balaban J connectivity index is 1.12. The van der Waals surface area contributed by atoms with Crippen LogP contribution in [-0.2, 0) is 0 Å². The summed E-state index contributed by atoms with van der Waals surface area (Å²) in [5, 5.41) is 4.42. The van der Waals surface area contributed by atoms with Crippen molar-refractivity contribution < 1.29 is 9.60 Å². The maximum absolute atomic E-state index is 9.94. The zero-order valence-corrected chi connectivity index (χ0v) is 31.2. The van der Waals surface area contributed by atoms with E-state index >= 15 is 0 Å². The van der Waals surface area contributed by atoms with E-state index in [2.05, 4.69) is 83.4 Å². The van der Waals surface area contributed by atoms with Crippen molar-refractivity contribution in [1.82, 2.24) is 9.13 Å². The molecule has 12 aromatic rings. The van der Waals surface area contributed by atoms with E-state index in [1.54, 1.807) is 15.9 Å². The third kappa shape index (κ3) is 5.03. The van der Waals surface area contributed by atoms with Crippen LogP contribution in [0.2, 0.25) is 0 Å². The molecule has 0 aliphatic rings. The Hall–Kier alpha value is -7.20. The highest BCUT2D eigenvalue weighted by atomic mass is 32.1. The fourth-order valence-electron chi connectivity index (χ4n) is 8.55. The van der Waals surface area contributed by atoms with Crippen molar-refractivity contribution >= 4 is 75.1 Å². The molecule has 0 bridgehead atoms. The average Bonchev–Trinajstić information content (AvgIpc) is 4.01. The van der Waals surface area contributed by atoms with Crippen LogP contribution in [0.1, 0.15) is 9.60 Å². The Morgan fingerprint density at radius 1 is 0.368 bits per heavy atom. The summed E-state index contributed by atoms with van der Waals surface area (Å²) in [6, 6.07) is 53.6. The van der Waals surface area contributed by atoms with Gasteiger partial charge < -0.3 is 9.13 Å². The fraction of sp³-hybridized carbons (Fsp3) is 0. The van der Waals surface area contributed by atoms with Gasteiger partial charge >= 0.3 is 0 Å². The van der Waals surface area contributed by atoms with E-state index in [0.717, 1.165) is 69.9 Å². The molecule has 9 aromatic carbocycles. The number of fused-ring (bicyclic) bond motifs is 9. The monoisotopic (exact) mass is 749 g/mol. The molecule has 0 amide bonds. The largest absolute Gasteiger partial charge is 0.309 e. The normalized spacial score (nSPS) is 13.6. The van der Waals surface area contributed by atoms with Gasteiger partial charge in [0, 0.05) is 58.7 Å². The number of aromatic nitrogens is 2. The molecule has 3 heteroatoms. The molecule has 57 heavy (non-hydrogen) atoms. The van der Waals surface area contributed by atoms with E-state index in [9.17, 15) is 6.85 Å². The highest BCUT2D eigenvalue weighted by Gasteiger charge is 2.19. The van der Waals surface area contributed by atoms with E-state index in [1.165, 1.54) is 0 Å². The Bertz CT molecular complexity index is 3910. The van der Waals surface area contributed by atoms with Crippen LogP contribution < -0.4 is 0 Å². The Morgan fingerprint density at radius 2 is 1.05 bits per heavy atom. The van der Waals surface area contributed by atoms with Gasteiger partial charge in [-0.15, -0.1) is 11.3 Å². The number of benzene rings is 9. The smallest absolute Gasteiger partial charge is 0.0645 e. The molecule has 0 unspecified atom stereocenters. The van der Waals surface area contributed by atoms with Crippen LogP contribution in [0.4, 0.5) is 0 Å². The number of hydrogen-bond donors (Lipinski definition) is 0. The average molecular weight is 750 g/mol. The number of hydrogen-bond acceptors (Lipinski definition) is 1. The van der Waals surface area contributed by atoms with Crippen molar-refractivity contribution in [2.24, 2.45) is 0 Å². The first-order valence-electron chi connectivity index (χ1n) is 22.4. The zero-order valence-electron chi connectivity index (χ0n) is 37.4. The zero-order chi connectivity index (χ0) is 43.5. The molecular formula is C54H34N2S. The SMILES string of the molecule is [2H]c1c([2H])c([2H])c2c(c1[2H])c1c([2H])c(-c3ccc4c(c3)c3cccc(-c5ccccc5)c3n4-c3ccc(-c4ccccc4)cc3)c([2H])c([2H])c1n2-c1ccc2c(c1)sc1ccccc12. The highest BCUT2D eigenvalue weighted by Crippen LogP contribution is 2.42. The predicted molar refractivity (Wildman–Crippen MR) is 244 cm³/mol. The first-order chi connectivity index (χ1) is 31.2. The fourth-order valence-corrected chi connectivity index (χ4v) is 9.69. The minimum Gasteiger partial charge on any atom is -0.309 e. The number of nitrogens with zero attached hydrogens (tertiary/aromatic N) is 2. The van der Waals surface area contributed by atoms with E-state index < -0.39 is 12.1 Å². The van der Waals surface area contributed by atoms with Gasteiger partial charge in [0.1, 0.15) is 0 Å². The molecule has 0 aliphatic heterocycles. The second-order valence-electron chi connectivity index (χ2n) is 14.4. The molecule has 3 heterocycles. The van der Waals surface area contributed by atoms with Gasteiger partial charge in [0.2, 0.25) is 0 Å². The minimum atomic E-state index is -0.417. The van der Waals surface area contributed by atoms with E-state index in [4.69, 9.17) is 2.74 Å². The van der Waals surface area contributed by atoms with Crippen LogP contribution in [0.3, 0.4) is 0 Å². The quantitative estimate of drug-likeness (QED) is 0.166. The Labute approximate surface area is 343 Å². The molecule has 0 spiro atoms. The molecule has 0 fully saturated rings. The van der Waals surface area contributed by atoms with E-state index in [1.807, 2.05) is 84.9 Å². The van der Waals surface area contributed by atoms with Gasteiger partial charge in [-0.1, -0.05) is 145 Å². The molecule has 0 saturated carbocycles. The van der Waals surface area contributed by atoms with Crippen molar-refractivity contribution in [3.05, 3.63) is 206 Å². The van der Waals surface area contributed by atoms with Crippen LogP contribution >= 0.6 is 11.3 Å².